The Balaban J connectivity index is 2.16. The van der Waals surface area contributed by atoms with Crippen molar-refractivity contribution in [1.82, 2.24) is 9.66 Å². The van der Waals surface area contributed by atoms with Crippen LogP contribution in [0.2, 0.25) is 0 Å². The quantitative estimate of drug-likeness (QED) is 0.794. The maximum Gasteiger partial charge on any atom is 0.150 e. The van der Waals surface area contributed by atoms with Gasteiger partial charge in [-0.15, -0.1) is 0 Å². The Kier molecular flexibility index (Phi) is 2.33. The van der Waals surface area contributed by atoms with E-state index in [0.717, 1.165) is 17.1 Å². The maximum atomic E-state index is 6.10. The molecule has 1 fully saturated rings. The highest BCUT2D eigenvalue weighted by Gasteiger charge is 2.30. The first-order valence-corrected chi connectivity index (χ1v) is 6.28. The average Bonchev–Trinajstić information content (AvgIpc) is 3.13. The molecule has 1 aromatic carbocycles. The monoisotopic (exact) mass is 242 g/mol. The van der Waals surface area contributed by atoms with Crippen LogP contribution in [0.5, 0.6) is 0 Å². The molecular formula is C14H18N4. The lowest BCUT2D eigenvalue weighted by Gasteiger charge is -2.05. The minimum absolute atomic E-state index is 0.496. The number of nitrogen functional groups attached to an aromatic ring is 2. The molecule has 0 unspecified atom stereocenters. The summed E-state index contributed by atoms with van der Waals surface area (Å²) in [5.41, 5.74) is 10.4. The summed E-state index contributed by atoms with van der Waals surface area (Å²) in [4.78, 5) is 4.66. The van der Waals surface area contributed by atoms with Crippen molar-refractivity contribution in [2.45, 2.75) is 32.6 Å². The molecule has 18 heavy (non-hydrogen) atoms. The van der Waals surface area contributed by atoms with Gasteiger partial charge < -0.3 is 11.6 Å². The van der Waals surface area contributed by atoms with Crippen molar-refractivity contribution in [2.24, 2.45) is 0 Å². The Morgan fingerprint density at radius 2 is 2.00 bits per heavy atom. The molecule has 1 aliphatic carbocycles. The van der Waals surface area contributed by atoms with Crippen molar-refractivity contribution in [3.8, 4) is 11.3 Å². The van der Waals surface area contributed by atoms with E-state index < -0.39 is 0 Å². The van der Waals surface area contributed by atoms with Gasteiger partial charge >= 0.3 is 0 Å². The number of rotatable bonds is 2. The summed E-state index contributed by atoms with van der Waals surface area (Å²) in [6, 6.07) is 6.30. The van der Waals surface area contributed by atoms with Crippen molar-refractivity contribution >= 4 is 5.82 Å². The van der Waals surface area contributed by atoms with Crippen LogP contribution in [0.25, 0.3) is 11.3 Å². The summed E-state index contributed by atoms with van der Waals surface area (Å²) in [5, 5.41) is 0. The predicted octanol–water partition coefficient (Wildman–Crippen LogP) is 2.34. The second kappa shape index (κ2) is 3.77. The Bertz CT molecular complexity index is 608. The third-order valence-corrected chi connectivity index (χ3v) is 3.57. The highest BCUT2D eigenvalue weighted by molar-refractivity contribution is 5.74. The molecule has 0 atom stereocenters. The third-order valence-electron chi connectivity index (χ3n) is 3.57. The molecule has 0 amide bonds. The number of nitrogens with zero attached hydrogens (tertiary/aromatic N) is 2. The fourth-order valence-electron chi connectivity index (χ4n) is 2.28. The molecule has 1 heterocycles. The molecule has 0 aliphatic heterocycles. The molecule has 1 saturated carbocycles. The van der Waals surface area contributed by atoms with Gasteiger partial charge in [0.25, 0.3) is 0 Å². The van der Waals surface area contributed by atoms with Gasteiger partial charge in [0.2, 0.25) is 0 Å². The molecule has 3 rings (SSSR count). The van der Waals surface area contributed by atoms with E-state index >= 15 is 0 Å². The number of aromatic nitrogens is 2. The van der Waals surface area contributed by atoms with Crippen molar-refractivity contribution in [3.63, 3.8) is 0 Å². The van der Waals surface area contributed by atoms with Crippen LogP contribution < -0.4 is 11.6 Å². The molecule has 4 nitrogen and oxygen atoms in total. The number of hydrogen-bond acceptors (Lipinski definition) is 3. The van der Waals surface area contributed by atoms with Gasteiger partial charge in [-0.3, -0.25) is 0 Å². The number of anilines is 1. The van der Waals surface area contributed by atoms with Crippen LogP contribution in [0, 0.1) is 13.8 Å². The first-order chi connectivity index (χ1) is 8.58. The number of aryl methyl sites for hydroxylation is 2. The summed E-state index contributed by atoms with van der Waals surface area (Å²) < 4.78 is 1.55. The molecule has 0 bridgehead atoms. The lowest BCUT2D eigenvalue weighted by Crippen LogP contribution is -2.14. The van der Waals surface area contributed by atoms with E-state index in [9.17, 15) is 0 Å². The zero-order valence-corrected chi connectivity index (χ0v) is 10.8. The number of benzene rings is 1. The summed E-state index contributed by atoms with van der Waals surface area (Å²) in [5.74, 6) is 7.98. The van der Waals surface area contributed by atoms with Crippen LogP contribution in [0.15, 0.2) is 18.2 Å². The van der Waals surface area contributed by atoms with Crippen molar-refractivity contribution in [2.75, 3.05) is 11.6 Å². The van der Waals surface area contributed by atoms with E-state index in [1.165, 1.54) is 24.0 Å². The minimum Gasteiger partial charge on any atom is -0.382 e. The smallest absolute Gasteiger partial charge is 0.150 e. The van der Waals surface area contributed by atoms with Gasteiger partial charge in [0.1, 0.15) is 11.5 Å². The van der Waals surface area contributed by atoms with Gasteiger partial charge in [-0.25, -0.2) is 9.66 Å². The van der Waals surface area contributed by atoms with Gasteiger partial charge in [-0.1, -0.05) is 17.7 Å². The SMILES string of the molecule is Cc1ccc(C)c(-c2nc(C3CC3)n(N)c2N)c1. The van der Waals surface area contributed by atoms with E-state index in [-0.39, 0.29) is 0 Å². The average molecular weight is 242 g/mol. The topological polar surface area (TPSA) is 69.9 Å². The number of imidazole rings is 1. The molecule has 1 aromatic heterocycles. The van der Waals surface area contributed by atoms with E-state index in [1.807, 2.05) is 0 Å². The minimum atomic E-state index is 0.496. The van der Waals surface area contributed by atoms with Crippen molar-refractivity contribution in [3.05, 3.63) is 35.2 Å². The normalized spacial score (nSPS) is 15.0. The Morgan fingerprint density at radius 3 is 2.67 bits per heavy atom. The lowest BCUT2D eigenvalue weighted by molar-refractivity contribution is 0.855. The van der Waals surface area contributed by atoms with Crippen LogP contribution in [0.3, 0.4) is 0 Å². The fourth-order valence-corrected chi connectivity index (χ4v) is 2.28. The maximum absolute atomic E-state index is 6.10. The van der Waals surface area contributed by atoms with Gasteiger partial charge in [0.15, 0.2) is 5.82 Å². The molecule has 0 radical (unpaired) electrons. The van der Waals surface area contributed by atoms with E-state index in [1.54, 1.807) is 4.68 Å². The van der Waals surface area contributed by atoms with Gasteiger partial charge in [-0.2, -0.15) is 0 Å². The van der Waals surface area contributed by atoms with Crippen molar-refractivity contribution < 1.29 is 0 Å². The molecule has 2 aromatic rings. The van der Waals surface area contributed by atoms with E-state index in [0.29, 0.717) is 11.7 Å². The lowest BCUT2D eigenvalue weighted by atomic mass is 10.0. The number of hydrogen-bond donors (Lipinski definition) is 2. The predicted molar refractivity (Wildman–Crippen MR) is 73.7 cm³/mol. The molecular weight excluding hydrogens is 224 g/mol. The Morgan fingerprint density at radius 1 is 1.28 bits per heavy atom. The van der Waals surface area contributed by atoms with E-state index in [4.69, 9.17) is 11.6 Å². The second-order valence-electron chi connectivity index (χ2n) is 5.17. The molecule has 4 heteroatoms. The Labute approximate surface area is 107 Å². The standard InChI is InChI=1S/C14H18N4/c1-8-3-4-9(2)11(7-8)12-13(15)18(16)14(17-12)10-5-6-10/h3-4,7,10H,5-6,15-16H2,1-2H3. The van der Waals surface area contributed by atoms with Crippen molar-refractivity contribution in [1.29, 1.82) is 0 Å². The fraction of sp³-hybridized carbons (Fsp3) is 0.357. The van der Waals surface area contributed by atoms with Crippen LogP contribution in [0.1, 0.15) is 35.7 Å². The largest absolute Gasteiger partial charge is 0.382 e. The van der Waals surface area contributed by atoms with Gasteiger partial charge in [0, 0.05) is 11.5 Å². The van der Waals surface area contributed by atoms with Gasteiger partial charge in [0.05, 0.1) is 0 Å². The molecule has 1 aliphatic rings. The first-order valence-electron chi connectivity index (χ1n) is 6.28. The van der Waals surface area contributed by atoms with Crippen LogP contribution in [-0.2, 0) is 0 Å². The van der Waals surface area contributed by atoms with Crippen LogP contribution in [0.4, 0.5) is 5.82 Å². The second-order valence-corrected chi connectivity index (χ2v) is 5.17. The van der Waals surface area contributed by atoms with Crippen LogP contribution in [-0.4, -0.2) is 9.66 Å². The third kappa shape index (κ3) is 1.65. The number of nitrogens with two attached hydrogens (primary N) is 2. The zero-order valence-electron chi connectivity index (χ0n) is 10.8. The zero-order chi connectivity index (χ0) is 12.9. The highest BCUT2D eigenvalue weighted by atomic mass is 15.4. The molecule has 94 valence electrons. The molecule has 0 spiro atoms. The highest BCUT2D eigenvalue weighted by Crippen LogP contribution is 2.41. The first kappa shape index (κ1) is 11.1. The molecule has 4 N–H and O–H groups in total. The van der Waals surface area contributed by atoms with Gasteiger partial charge in [-0.05, 0) is 38.3 Å². The summed E-state index contributed by atoms with van der Waals surface area (Å²) in [6.45, 7) is 4.14. The molecule has 0 saturated heterocycles. The Hall–Kier alpha value is -1.97. The van der Waals surface area contributed by atoms with E-state index in [2.05, 4.69) is 37.0 Å². The summed E-state index contributed by atoms with van der Waals surface area (Å²) in [6.07, 6.45) is 2.33. The summed E-state index contributed by atoms with van der Waals surface area (Å²) >= 11 is 0. The van der Waals surface area contributed by atoms with Crippen LogP contribution >= 0.6 is 0 Å². The summed E-state index contributed by atoms with van der Waals surface area (Å²) in [7, 11) is 0.